The first-order valence-corrected chi connectivity index (χ1v) is 19.1. The Bertz CT molecular complexity index is 579. The minimum Gasteiger partial charge on any atom is -0.462 e. The first-order valence-electron chi connectivity index (χ1n) is 19.1. The summed E-state index contributed by atoms with van der Waals surface area (Å²) in [5, 5.41) is 9.53. The molecule has 0 amide bonds. The van der Waals surface area contributed by atoms with Crippen LogP contribution in [0.5, 0.6) is 0 Å². The molecule has 0 unspecified atom stereocenters. The topological polar surface area (TPSA) is 72.8 Å². The molecule has 0 aromatic carbocycles. The van der Waals surface area contributed by atoms with Crippen molar-refractivity contribution in [2.24, 2.45) is 0 Å². The monoisotopic (exact) mass is 611 g/mol. The van der Waals surface area contributed by atoms with E-state index in [1.54, 1.807) is 0 Å². The maximum Gasteiger partial charge on any atom is 0.306 e. The summed E-state index contributed by atoms with van der Waals surface area (Å²) in [6.45, 7) is 4.16. The van der Waals surface area contributed by atoms with Crippen LogP contribution < -0.4 is 0 Å². The molecule has 0 saturated heterocycles. The fourth-order valence-electron chi connectivity index (χ4n) is 5.73. The van der Waals surface area contributed by atoms with E-state index >= 15 is 0 Å². The second kappa shape index (κ2) is 35.4. The quantitative estimate of drug-likeness (QED) is 0.0571. The van der Waals surface area contributed by atoms with E-state index in [-0.39, 0.29) is 25.2 Å². The summed E-state index contributed by atoms with van der Waals surface area (Å²) >= 11 is 0. The SMILES string of the molecule is CCCCCCCCCCCCCCCCCC(=O)O[C@@H](CO)COC(=O)CCCCCCCCCCCCCCCC. The van der Waals surface area contributed by atoms with Crippen molar-refractivity contribution in [1.82, 2.24) is 0 Å². The van der Waals surface area contributed by atoms with Gasteiger partial charge < -0.3 is 14.6 Å². The molecule has 256 valence electrons. The number of hydrogen-bond donors (Lipinski definition) is 1. The van der Waals surface area contributed by atoms with Crippen LogP contribution in [0.15, 0.2) is 0 Å². The van der Waals surface area contributed by atoms with E-state index in [0.29, 0.717) is 12.8 Å². The summed E-state index contributed by atoms with van der Waals surface area (Å²) in [7, 11) is 0. The van der Waals surface area contributed by atoms with Crippen molar-refractivity contribution in [3.05, 3.63) is 0 Å². The molecule has 5 nitrogen and oxygen atoms in total. The van der Waals surface area contributed by atoms with Crippen molar-refractivity contribution in [2.75, 3.05) is 13.2 Å². The summed E-state index contributed by atoms with van der Waals surface area (Å²) in [5.74, 6) is -0.576. The van der Waals surface area contributed by atoms with Crippen LogP contribution in [-0.2, 0) is 19.1 Å². The molecular formula is C38H74O5. The van der Waals surface area contributed by atoms with E-state index in [9.17, 15) is 14.7 Å². The zero-order chi connectivity index (χ0) is 31.5. The molecule has 1 atom stereocenters. The Kier molecular flexibility index (Phi) is 34.5. The highest BCUT2D eigenvalue weighted by molar-refractivity contribution is 5.70. The van der Waals surface area contributed by atoms with Crippen LogP contribution in [0, 0.1) is 0 Å². The van der Waals surface area contributed by atoms with Gasteiger partial charge in [-0.15, -0.1) is 0 Å². The summed E-state index contributed by atoms with van der Waals surface area (Å²) in [6.07, 6.45) is 37.3. The number of carbonyl (C=O) groups is 2. The van der Waals surface area contributed by atoms with Gasteiger partial charge in [0.15, 0.2) is 6.10 Å². The van der Waals surface area contributed by atoms with E-state index < -0.39 is 6.10 Å². The Hall–Kier alpha value is -1.10. The lowest BCUT2D eigenvalue weighted by Gasteiger charge is -2.15. The maximum absolute atomic E-state index is 12.1. The average molecular weight is 611 g/mol. The van der Waals surface area contributed by atoms with Gasteiger partial charge in [-0.25, -0.2) is 0 Å². The van der Waals surface area contributed by atoms with Gasteiger partial charge in [0.1, 0.15) is 6.61 Å². The van der Waals surface area contributed by atoms with E-state index in [4.69, 9.17) is 9.47 Å². The number of aliphatic hydroxyl groups is 1. The lowest BCUT2D eigenvalue weighted by Crippen LogP contribution is -2.28. The summed E-state index contributed by atoms with van der Waals surface area (Å²) in [5.41, 5.74) is 0. The van der Waals surface area contributed by atoms with E-state index in [2.05, 4.69) is 13.8 Å². The third-order valence-corrected chi connectivity index (χ3v) is 8.65. The second-order valence-corrected chi connectivity index (χ2v) is 13.0. The molecule has 0 bridgehead atoms. The van der Waals surface area contributed by atoms with Crippen molar-refractivity contribution >= 4 is 11.9 Å². The molecule has 0 rings (SSSR count). The zero-order valence-electron chi connectivity index (χ0n) is 29.0. The van der Waals surface area contributed by atoms with Crippen LogP contribution in [-0.4, -0.2) is 36.4 Å². The average Bonchev–Trinajstić information content (AvgIpc) is 3.01. The number of carbonyl (C=O) groups excluding carboxylic acids is 2. The second-order valence-electron chi connectivity index (χ2n) is 13.0. The summed E-state index contributed by atoms with van der Waals surface area (Å²) in [6, 6.07) is 0. The van der Waals surface area contributed by atoms with Crippen LogP contribution in [0.2, 0.25) is 0 Å². The Morgan fingerprint density at radius 1 is 0.442 bits per heavy atom. The van der Waals surface area contributed by atoms with Crippen molar-refractivity contribution in [3.63, 3.8) is 0 Å². The van der Waals surface area contributed by atoms with Gasteiger partial charge in [0.05, 0.1) is 6.61 Å². The highest BCUT2D eigenvalue weighted by Crippen LogP contribution is 2.15. The van der Waals surface area contributed by atoms with Crippen molar-refractivity contribution < 1.29 is 24.2 Å². The molecule has 43 heavy (non-hydrogen) atoms. The Labute approximate surface area is 268 Å². The fraction of sp³-hybridized carbons (Fsp3) is 0.947. The summed E-state index contributed by atoms with van der Waals surface area (Å²) < 4.78 is 10.6. The van der Waals surface area contributed by atoms with Crippen LogP contribution in [0.25, 0.3) is 0 Å². The normalized spacial score (nSPS) is 12.0. The first-order chi connectivity index (χ1) is 21.1. The van der Waals surface area contributed by atoms with Crippen LogP contribution >= 0.6 is 0 Å². The van der Waals surface area contributed by atoms with Gasteiger partial charge in [-0.1, -0.05) is 187 Å². The zero-order valence-corrected chi connectivity index (χ0v) is 29.0. The number of unbranched alkanes of at least 4 members (excludes halogenated alkanes) is 27. The lowest BCUT2D eigenvalue weighted by molar-refractivity contribution is -0.161. The first kappa shape index (κ1) is 41.9. The predicted molar refractivity (Wildman–Crippen MR) is 182 cm³/mol. The molecule has 0 aliphatic heterocycles. The van der Waals surface area contributed by atoms with Gasteiger partial charge in [0.2, 0.25) is 0 Å². The number of ether oxygens (including phenoxy) is 2. The number of rotatable bonds is 35. The number of esters is 2. The predicted octanol–water partition coefficient (Wildman–Crippen LogP) is 11.6. The lowest BCUT2D eigenvalue weighted by atomic mass is 10.0. The van der Waals surface area contributed by atoms with Crippen molar-refractivity contribution in [2.45, 2.75) is 219 Å². The molecule has 0 spiro atoms. The molecule has 5 heteroatoms. The number of aliphatic hydroxyl groups excluding tert-OH is 1. The van der Waals surface area contributed by atoms with E-state index in [1.165, 1.54) is 154 Å². The van der Waals surface area contributed by atoms with Gasteiger partial charge >= 0.3 is 11.9 Å². The van der Waals surface area contributed by atoms with E-state index in [1.807, 2.05) is 0 Å². The largest absolute Gasteiger partial charge is 0.462 e. The highest BCUT2D eigenvalue weighted by atomic mass is 16.6. The van der Waals surface area contributed by atoms with Gasteiger partial charge in [-0.3, -0.25) is 9.59 Å². The van der Waals surface area contributed by atoms with Crippen LogP contribution in [0.1, 0.15) is 213 Å². The van der Waals surface area contributed by atoms with Crippen molar-refractivity contribution in [3.8, 4) is 0 Å². The molecule has 0 aliphatic carbocycles. The molecule has 0 radical (unpaired) electrons. The number of hydrogen-bond acceptors (Lipinski definition) is 5. The molecule has 0 fully saturated rings. The minimum atomic E-state index is -0.760. The van der Waals surface area contributed by atoms with Gasteiger partial charge in [0.25, 0.3) is 0 Å². The third kappa shape index (κ3) is 33.6. The molecule has 1 N–H and O–H groups in total. The third-order valence-electron chi connectivity index (χ3n) is 8.65. The van der Waals surface area contributed by atoms with E-state index in [0.717, 1.165) is 32.1 Å². The molecule has 0 aromatic rings. The van der Waals surface area contributed by atoms with Crippen LogP contribution in [0.4, 0.5) is 0 Å². The van der Waals surface area contributed by atoms with Crippen molar-refractivity contribution in [1.29, 1.82) is 0 Å². The van der Waals surface area contributed by atoms with Gasteiger partial charge in [-0.2, -0.15) is 0 Å². The Morgan fingerprint density at radius 3 is 1.02 bits per heavy atom. The maximum atomic E-state index is 12.1. The van der Waals surface area contributed by atoms with Crippen LogP contribution in [0.3, 0.4) is 0 Å². The fourth-order valence-corrected chi connectivity index (χ4v) is 5.73. The Balaban J connectivity index is 3.50. The standard InChI is InChI=1S/C38H74O5/c1-3-5-7-9-11-13-15-17-19-21-23-25-27-29-31-33-38(41)43-36(34-39)35-42-37(40)32-30-28-26-24-22-20-18-16-14-12-10-8-6-4-2/h36,39H,3-35H2,1-2H3/t36-/m0/s1. The molecule has 0 saturated carbocycles. The molecule has 0 aromatic heterocycles. The Morgan fingerprint density at radius 2 is 0.721 bits per heavy atom. The molecular weight excluding hydrogens is 536 g/mol. The molecule has 0 aliphatic rings. The minimum absolute atomic E-state index is 0.0570. The highest BCUT2D eigenvalue weighted by Gasteiger charge is 2.16. The van der Waals surface area contributed by atoms with Gasteiger partial charge in [-0.05, 0) is 12.8 Å². The summed E-state index contributed by atoms with van der Waals surface area (Å²) in [4.78, 5) is 24.2. The van der Waals surface area contributed by atoms with Gasteiger partial charge in [0, 0.05) is 12.8 Å². The smallest absolute Gasteiger partial charge is 0.306 e. The molecule has 0 heterocycles.